The molecule has 2 amide bonds. The van der Waals surface area contributed by atoms with Gasteiger partial charge in [0.15, 0.2) is 0 Å². The van der Waals surface area contributed by atoms with Crippen LogP contribution in [0.1, 0.15) is 6.42 Å². The first kappa shape index (κ1) is 19.7. The van der Waals surface area contributed by atoms with E-state index in [4.69, 9.17) is 16.2 Å². The van der Waals surface area contributed by atoms with Crippen LogP contribution in [-0.2, 0) is 14.3 Å². The lowest BCUT2D eigenvalue weighted by Gasteiger charge is -2.14. The Bertz CT molecular complexity index is 474. The molecule has 1 atom stereocenters. The highest BCUT2D eigenvalue weighted by Crippen LogP contribution is 2.27. The number of nitrogens with two attached hydrogens (primary N) is 2. The summed E-state index contributed by atoms with van der Waals surface area (Å²) in [6, 6.07) is 6.60. The quantitative estimate of drug-likeness (QED) is 0.615. The largest absolute Gasteiger partial charge is 0.383 e. The third kappa shape index (κ3) is 7.33. The molecule has 5 N–H and O–H groups in total. The molecule has 0 fully saturated rings. The molecule has 0 aliphatic carbocycles. The van der Waals surface area contributed by atoms with Gasteiger partial charge in [-0.15, -0.1) is 24.2 Å². The Kier molecular flexibility index (Phi) is 9.81. The van der Waals surface area contributed by atoms with E-state index in [9.17, 15) is 9.59 Å². The summed E-state index contributed by atoms with van der Waals surface area (Å²) in [7, 11) is 1.49. The van der Waals surface area contributed by atoms with Crippen LogP contribution in [0, 0.1) is 0 Å². The summed E-state index contributed by atoms with van der Waals surface area (Å²) >= 11 is 1.45. The Morgan fingerprint density at radius 1 is 1.38 bits per heavy atom. The Hall–Kier alpha value is -1.28. The van der Waals surface area contributed by atoms with Gasteiger partial charge < -0.3 is 21.5 Å². The lowest BCUT2D eigenvalue weighted by Crippen LogP contribution is -2.39. The molecule has 0 bridgehead atoms. The number of hydrogen-bond acceptors (Lipinski definition) is 5. The summed E-state index contributed by atoms with van der Waals surface area (Å²) in [5, 5.41) is 2.75. The van der Waals surface area contributed by atoms with Crippen molar-refractivity contribution in [1.29, 1.82) is 0 Å². The number of halogens is 1. The van der Waals surface area contributed by atoms with Gasteiger partial charge in [-0.3, -0.25) is 9.59 Å². The topological polar surface area (TPSA) is 107 Å². The monoisotopic (exact) mass is 333 g/mol. The van der Waals surface area contributed by atoms with Gasteiger partial charge in [-0.25, -0.2) is 0 Å². The normalized spacial score (nSPS) is 11.3. The summed E-state index contributed by atoms with van der Waals surface area (Å²) in [5.41, 5.74) is 11.4. The molecule has 1 aromatic rings. The Morgan fingerprint density at radius 3 is 2.67 bits per heavy atom. The van der Waals surface area contributed by atoms with Crippen LogP contribution in [0.4, 0.5) is 5.69 Å². The van der Waals surface area contributed by atoms with E-state index in [1.807, 2.05) is 18.2 Å². The number of amides is 2. The number of carbonyl (C=O) groups excluding carboxylic acids is 2. The molecule has 0 aliphatic heterocycles. The van der Waals surface area contributed by atoms with Crippen LogP contribution >= 0.6 is 24.2 Å². The van der Waals surface area contributed by atoms with Crippen molar-refractivity contribution in [2.45, 2.75) is 17.4 Å². The second kappa shape index (κ2) is 10.4. The number of ether oxygens (including phenoxy) is 1. The van der Waals surface area contributed by atoms with Crippen molar-refractivity contribution in [2.75, 3.05) is 24.8 Å². The molecule has 0 spiro atoms. The number of thioether (sulfide) groups is 1. The van der Waals surface area contributed by atoms with Crippen LogP contribution in [0.25, 0.3) is 0 Å². The molecule has 1 unspecified atom stereocenters. The lowest BCUT2D eigenvalue weighted by molar-refractivity contribution is -0.119. The predicted octanol–water partition coefficient (Wildman–Crippen LogP) is 0.988. The fourth-order valence-corrected chi connectivity index (χ4v) is 2.41. The molecule has 0 radical (unpaired) electrons. The fraction of sp³-hybridized carbons (Fsp3) is 0.385. The summed E-state index contributed by atoms with van der Waals surface area (Å²) in [6.45, 7) is 0.156. The van der Waals surface area contributed by atoms with Gasteiger partial charge in [0.25, 0.3) is 0 Å². The molecular formula is C13H20ClN3O3S. The highest BCUT2D eigenvalue weighted by Gasteiger charge is 2.14. The number of nitrogens with one attached hydrogen (secondary N) is 1. The van der Waals surface area contributed by atoms with Crippen LogP contribution in [0.15, 0.2) is 29.2 Å². The van der Waals surface area contributed by atoms with Gasteiger partial charge in [0, 0.05) is 24.2 Å². The zero-order valence-electron chi connectivity index (χ0n) is 11.7. The summed E-state index contributed by atoms with van der Waals surface area (Å²) in [6.07, 6.45) is 0.288. The van der Waals surface area contributed by atoms with Crippen molar-refractivity contribution < 1.29 is 14.3 Å². The average molecular weight is 334 g/mol. The Balaban J connectivity index is 0.00000400. The van der Waals surface area contributed by atoms with E-state index in [-0.39, 0.29) is 37.2 Å². The van der Waals surface area contributed by atoms with E-state index in [2.05, 4.69) is 5.32 Å². The maximum atomic E-state index is 11.8. The smallest absolute Gasteiger partial charge is 0.243 e. The molecule has 1 aromatic carbocycles. The third-order valence-electron chi connectivity index (χ3n) is 2.43. The van der Waals surface area contributed by atoms with Crippen LogP contribution in [-0.4, -0.2) is 37.3 Å². The minimum absolute atomic E-state index is 0. The van der Waals surface area contributed by atoms with Crippen molar-refractivity contribution in [3.63, 3.8) is 0 Å². The molecule has 0 heterocycles. The van der Waals surface area contributed by atoms with Gasteiger partial charge in [-0.2, -0.15) is 0 Å². The van der Waals surface area contributed by atoms with Gasteiger partial charge in [0.05, 0.1) is 12.3 Å². The Labute approximate surface area is 134 Å². The predicted molar refractivity (Wildman–Crippen MR) is 86.7 cm³/mol. The number of carbonyl (C=O) groups is 2. The Morgan fingerprint density at radius 2 is 2.05 bits per heavy atom. The van der Waals surface area contributed by atoms with Crippen LogP contribution in [0.5, 0.6) is 0 Å². The first-order chi connectivity index (χ1) is 9.54. The average Bonchev–Trinajstić information content (AvgIpc) is 2.40. The van der Waals surface area contributed by atoms with Crippen molar-refractivity contribution in [2.24, 2.45) is 11.5 Å². The standard InChI is InChI=1S/C13H19N3O3S.ClH/c1-19-8-9(14)13(18)16-10-4-2-3-5-11(10)20-7-6-12(15)17;/h2-5,9H,6-8,14H2,1H3,(H2,15,17)(H,16,18);1H. The van der Waals surface area contributed by atoms with Gasteiger partial charge in [-0.1, -0.05) is 12.1 Å². The van der Waals surface area contributed by atoms with E-state index in [1.54, 1.807) is 6.07 Å². The highest BCUT2D eigenvalue weighted by atomic mass is 35.5. The van der Waals surface area contributed by atoms with Crippen LogP contribution < -0.4 is 16.8 Å². The minimum atomic E-state index is -0.719. The van der Waals surface area contributed by atoms with E-state index in [1.165, 1.54) is 18.9 Å². The first-order valence-electron chi connectivity index (χ1n) is 6.10. The molecule has 118 valence electrons. The molecule has 1 rings (SSSR count). The van der Waals surface area contributed by atoms with Crippen molar-refractivity contribution in [3.8, 4) is 0 Å². The fourth-order valence-electron chi connectivity index (χ4n) is 1.44. The van der Waals surface area contributed by atoms with Gasteiger partial charge in [0.2, 0.25) is 11.8 Å². The number of benzene rings is 1. The van der Waals surface area contributed by atoms with E-state index in [0.717, 1.165) is 4.90 Å². The van der Waals surface area contributed by atoms with E-state index in [0.29, 0.717) is 11.4 Å². The van der Waals surface area contributed by atoms with E-state index < -0.39 is 6.04 Å². The van der Waals surface area contributed by atoms with Gasteiger partial charge >= 0.3 is 0 Å². The van der Waals surface area contributed by atoms with Crippen molar-refractivity contribution in [3.05, 3.63) is 24.3 Å². The second-order valence-electron chi connectivity index (χ2n) is 4.11. The second-order valence-corrected chi connectivity index (χ2v) is 5.25. The molecule has 0 aliphatic rings. The minimum Gasteiger partial charge on any atom is -0.383 e. The molecule has 6 nitrogen and oxygen atoms in total. The number of primary amides is 1. The molecule has 0 saturated heterocycles. The summed E-state index contributed by atoms with van der Waals surface area (Å²) < 4.78 is 4.84. The zero-order chi connectivity index (χ0) is 15.0. The molecule has 8 heteroatoms. The number of para-hydroxylation sites is 1. The summed E-state index contributed by atoms with van der Waals surface area (Å²) in [4.78, 5) is 23.4. The van der Waals surface area contributed by atoms with Crippen LogP contribution in [0.2, 0.25) is 0 Å². The first-order valence-corrected chi connectivity index (χ1v) is 7.08. The van der Waals surface area contributed by atoms with Gasteiger partial charge in [-0.05, 0) is 12.1 Å². The number of rotatable bonds is 8. The number of anilines is 1. The molecule has 0 aromatic heterocycles. The van der Waals surface area contributed by atoms with Crippen molar-refractivity contribution >= 4 is 41.7 Å². The molecule has 0 saturated carbocycles. The maximum Gasteiger partial charge on any atom is 0.243 e. The molecular weight excluding hydrogens is 314 g/mol. The lowest BCUT2D eigenvalue weighted by atomic mass is 10.2. The summed E-state index contributed by atoms with van der Waals surface area (Å²) in [5.74, 6) is -0.0947. The van der Waals surface area contributed by atoms with Gasteiger partial charge in [0.1, 0.15) is 6.04 Å². The van der Waals surface area contributed by atoms with Crippen LogP contribution in [0.3, 0.4) is 0 Å². The maximum absolute atomic E-state index is 11.8. The third-order valence-corrected chi connectivity index (χ3v) is 3.51. The number of methoxy groups -OCH3 is 1. The van der Waals surface area contributed by atoms with E-state index >= 15 is 0 Å². The number of hydrogen-bond donors (Lipinski definition) is 3. The zero-order valence-corrected chi connectivity index (χ0v) is 13.3. The van der Waals surface area contributed by atoms with Crippen molar-refractivity contribution in [1.82, 2.24) is 0 Å². The highest BCUT2D eigenvalue weighted by molar-refractivity contribution is 7.99. The molecule has 21 heavy (non-hydrogen) atoms. The SMILES string of the molecule is COCC(N)C(=O)Nc1ccccc1SCCC(N)=O.Cl.